The summed E-state index contributed by atoms with van der Waals surface area (Å²) >= 11 is 0. The summed E-state index contributed by atoms with van der Waals surface area (Å²) in [5.41, 5.74) is 1.48. The highest BCUT2D eigenvalue weighted by molar-refractivity contribution is 5.95. The highest BCUT2D eigenvalue weighted by Gasteiger charge is 2.07. The molecule has 0 aliphatic rings. The summed E-state index contributed by atoms with van der Waals surface area (Å²) in [5, 5.41) is 14.3. The van der Waals surface area contributed by atoms with Crippen molar-refractivity contribution in [2.24, 2.45) is 0 Å². The molecule has 0 saturated heterocycles. The molecule has 0 atom stereocenters. The lowest BCUT2D eigenvalue weighted by Gasteiger charge is -2.06. The molecule has 0 fully saturated rings. The quantitative estimate of drug-likeness (QED) is 0.735. The van der Waals surface area contributed by atoms with E-state index in [1.807, 2.05) is 6.07 Å². The molecule has 0 bridgehead atoms. The number of hydrogen-bond acceptors (Lipinski definition) is 3. The van der Waals surface area contributed by atoms with Gasteiger partial charge in [-0.1, -0.05) is 5.92 Å². The smallest absolute Gasteiger partial charge is 0.251 e. The maximum absolute atomic E-state index is 11.3. The molecular formula is C12H11N3O. The van der Waals surface area contributed by atoms with Gasteiger partial charge < -0.3 is 10.6 Å². The van der Waals surface area contributed by atoms with E-state index in [2.05, 4.69) is 16.6 Å². The van der Waals surface area contributed by atoms with E-state index < -0.39 is 0 Å². The molecule has 1 aromatic rings. The van der Waals surface area contributed by atoms with E-state index in [4.69, 9.17) is 11.7 Å². The number of nitriles is 1. The van der Waals surface area contributed by atoms with Crippen molar-refractivity contribution in [3.63, 3.8) is 0 Å². The Labute approximate surface area is 94.3 Å². The molecule has 1 rings (SSSR count). The first-order valence-electron chi connectivity index (χ1n) is 4.66. The SMILES string of the molecule is C#CCNc1ccc(C(=O)NC)cc1C#N. The van der Waals surface area contributed by atoms with Crippen molar-refractivity contribution in [3.05, 3.63) is 29.3 Å². The molecule has 2 N–H and O–H groups in total. The highest BCUT2D eigenvalue weighted by Crippen LogP contribution is 2.16. The second-order valence-electron chi connectivity index (χ2n) is 3.01. The Balaban J connectivity index is 3.04. The third kappa shape index (κ3) is 2.52. The molecule has 4 heteroatoms. The minimum absolute atomic E-state index is 0.222. The number of carbonyl (C=O) groups is 1. The van der Waals surface area contributed by atoms with Crippen LogP contribution in [0.25, 0.3) is 0 Å². The predicted octanol–water partition coefficient (Wildman–Crippen LogP) is 0.963. The first-order valence-corrected chi connectivity index (χ1v) is 4.66. The first-order chi connectivity index (χ1) is 7.72. The summed E-state index contributed by atoms with van der Waals surface area (Å²) in [6.45, 7) is 0.341. The van der Waals surface area contributed by atoms with Crippen LogP contribution in [-0.4, -0.2) is 19.5 Å². The van der Waals surface area contributed by atoms with Crippen LogP contribution < -0.4 is 10.6 Å². The molecule has 0 aliphatic carbocycles. The Morgan fingerprint density at radius 1 is 1.56 bits per heavy atom. The van der Waals surface area contributed by atoms with E-state index in [1.165, 1.54) is 6.07 Å². The molecule has 0 aromatic heterocycles. The number of anilines is 1. The number of benzene rings is 1. The average Bonchev–Trinajstić information content (AvgIpc) is 2.35. The van der Waals surface area contributed by atoms with Crippen LogP contribution in [0.2, 0.25) is 0 Å². The van der Waals surface area contributed by atoms with Gasteiger partial charge in [-0.2, -0.15) is 5.26 Å². The van der Waals surface area contributed by atoms with Crippen LogP contribution in [0.4, 0.5) is 5.69 Å². The van der Waals surface area contributed by atoms with Crippen LogP contribution in [0.15, 0.2) is 18.2 Å². The summed E-state index contributed by atoms with van der Waals surface area (Å²) < 4.78 is 0. The number of terminal acetylenes is 1. The van der Waals surface area contributed by atoms with Gasteiger partial charge in [-0.15, -0.1) is 6.42 Å². The highest BCUT2D eigenvalue weighted by atomic mass is 16.1. The second-order valence-corrected chi connectivity index (χ2v) is 3.01. The normalized spacial score (nSPS) is 8.69. The van der Waals surface area contributed by atoms with Gasteiger partial charge in [-0.25, -0.2) is 0 Å². The standard InChI is InChI=1S/C12H11N3O/c1-3-6-15-11-5-4-9(12(16)14-2)7-10(11)8-13/h1,4-5,7,15H,6H2,2H3,(H,14,16). The minimum Gasteiger partial charge on any atom is -0.373 e. The van der Waals surface area contributed by atoms with Gasteiger partial charge in [0, 0.05) is 12.6 Å². The third-order valence-electron chi connectivity index (χ3n) is 2.01. The molecule has 0 heterocycles. The van der Waals surface area contributed by atoms with Crippen molar-refractivity contribution in [1.82, 2.24) is 5.32 Å². The summed E-state index contributed by atoms with van der Waals surface area (Å²) in [5.74, 6) is 2.19. The summed E-state index contributed by atoms with van der Waals surface area (Å²) in [6, 6.07) is 6.84. The van der Waals surface area contributed by atoms with Crippen molar-refractivity contribution in [1.29, 1.82) is 5.26 Å². The van der Waals surface area contributed by atoms with Crippen LogP contribution in [-0.2, 0) is 0 Å². The number of nitrogens with one attached hydrogen (secondary N) is 2. The van der Waals surface area contributed by atoms with E-state index in [9.17, 15) is 4.79 Å². The molecule has 0 spiro atoms. The third-order valence-corrected chi connectivity index (χ3v) is 2.01. The number of rotatable bonds is 3. The molecule has 1 aromatic carbocycles. The number of nitrogens with zero attached hydrogens (tertiary/aromatic N) is 1. The van der Waals surface area contributed by atoms with Crippen molar-refractivity contribution < 1.29 is 4.79 Å². The lowest BCUT2D eigenvalue weighted by Crippen LogP contribution is -2.18. The molecule has 4 nitrogen and oxygen atoms in total. The van der Waals surface area contributed by atoms with Crippen molar-refractivity contribution >= 4 is 11.6 Å². The summed E-state index contributed by atoms with van der Waals surface area (Å²) in [4.78, 5) is 11.3. The zero-order valence-corrected chi connectivity index (χ0v) is 8.87. The summed E-state index contributed by atoms with van der Waals surface area (Å²) in [7, 11) is 1.54. The Kier molecular flexibility index (Phi) is 3.94. The molecule has 16 heavy (non-hydrogen) atoms. The average molecular weight is 213 g/mol. The topological polar surface area (TPSA) is 64.9 Å². The van der Waals surface area contributed by atoms with Crippen molar-refractivity contribution in [3.8, 4) is 18.4 Å². The van der Waals surface area contributed by atoms with E-state index >= 15 is 0 Å². The fourth-order valence-electron chi connectivity index (χ4n) is 1.22. The van der Waals surface area contributed by atoms with Gasteiger partial charge in [0.1, 0.15) is 6.07 Å². The Bertz CT molecular complexity index is 480. The van der Waals surface area contributed by atoms with Gasteiger partial charge in [0.05, 0.1) is 17.8 Å². The van der Waals surface area contributed by atoms with Crippen molar-refractivity contribution in [2.45, 2.75) is 0 Å². The van der Waals surface area contributed by atoms with Gasteiger partial charge in [0.15, 0.2) is 0 Å². The van der Waals surface area contributed by atoms with E-state index in [1.54, 1.807) is 19.2 Å². The number of carbonyl (C=O) groups excluding carboxylic acids is 1. The van der Waals surface area contributed by atoms with Crippen LogP contribution >= 0.6 is 0 Å². The van der Waals surface area contributed by atoms with Gasteiger partial charge in [0.2, 0.25) is 0 Å². The molecule has 0 saturated carbocycles. The fourth-order valence-corrected chi connectivity index (χ4v) is 1.22. The van der Waals surface area contributed by atoms with Crippen LogP contribution in [0.1, 0.15) is 15.9 Å². The van der Waals surface area contributed by atoms with Gasteiger partial charge in [-0.3, -0.25) is 4.79 Å². The maximum atomic E-state index is 11.3. The van der Waals surface area contributed by atoms with Crippen molar-refractivity contribution in [2.75, 3.05) is 18.9 Å². The van der Waals surface area contributed by atoms with E-state index in [0.717, 1.165) is 0 Å². The molecule has 0 aliphatic heterocycles. The first kappa shape index (κ1) is 11.6. The lowest BCUT2D eigenvalue weighted by molar-refractivity contribution is 0.0963. The predicted molar refractivity (Wildman–Crippen MR) is 61.9 cm³/mol. The van der Waals surface area contributed by atoms with Gasteiger partial charge >= 0.3 is 0 Å². The van der Waals surface area contributed by atoms with E-state index in [0.29, 0.717) is 23.4 Å². The minimum atomic E-state index is -0.222. The molecule has 0 unspecified atom stereocenters. The summed E-state index contributed by atoms with van der Waals surface area (Å²) in [6.07, 6.45) is 5.11. The monoisotopic (exact) mass is 213 g/mol. The maximum Gasteiger partial charge on any atom is 0.251 e. The zero-order valence-electron chi connectivity index (χ0n) is 8.87. The van der Waals surface area contributed by atoms with Gasteiger partial charge in [-0.05, 0) is 18.2 Å². The molecule has 80 valence electrons. The Morgan fingerprint density at radius 2 is 2.31 bits per heavy atom. The lowest BCUT2D eigenvalue weighted by atomic mass is 10.1. The number of amides is 1. The zero-order chi connectivity index (χ0) is 12.0. The molecular weight excluding hydrogens is 202 g/mol. The molecule has 1 amide bonds. The Morgan fingerprint density at radius 3 is 2.88 bits per heavy atom. The van der Waals surface area contributed by atoms with Crippen LogP contribution in [0, 0.1) is 23.7 Å². The fraction of sp³-hybridized carbons (Fsp3) is 0.167. The number of hydrogen-bond donors (Lipinski definition) is 2. The van der Waals surface area contributed by atoms with Crippen LogP contribution in [0.5, 0.6) is 0 Å². The second kappa shape index (κ2) is 5.43. The Hall–Kier alpha value is -2.46. The van der Waals surface area contributed by atoms with Crippen LogP contribution in [0.3, 0.4) is 0 Å². The van der Waals surface area contributed by atoms with Gasteiger partial charge in [0.25, 0.3) is 5.91 Å². The largest absolute Gasteiger partial charge is 0.373 e. The molecule has 0 radical (unpaired) electrons. The van der Waals surface area contributed by atoms with E-state index in [-0.39, 0.29) is 5.91 Å².